The molecule has 0 saturated carbocycles. The first kappa shape index (κ1) is 17.8. The molecule has 8 heteroatoms. The molecule has 1 aliphatic heterocycles. The number of thiophene rings is 1. The van der Waals surface area contributed by atoms with Gasteiger partial charge in [0.25, 0.3) is 11.8 Å². The monoisotopic (exact) mass is 386 g/mol. The van der Waals surface area contributed by atoms with Gasteiger partial charge in [0.05, 0.1) is 10.9 Å². The minimum absolute atomic E-state index is 0.0192. The highest BCUT2D eigenvalue weighted by atomic mass is 32.1. The fraction of sp³-hybridized carbons (Fsp3) is 0.316. The van der Waals surface area contributed by atoms with E-state index in [0.29, 0.717) is 43.5 Å². The first-order valence-electron chi connectivity index (χ1n) is 8.78. The Morgan fingerprint density at radius 3 is 2.56 bits per heavy atom. The van der Waals surface area contributed by atoms with Crippen LogP contribution >= 0.6 is 11.3 Å². The summed E-state index contributed by atoms with van der Waals surface area (Å²) >= 11 is 1.56. The molecule has 1 amide bonds. The molecule has 1 fully saturated rings. The van der Waals surface area contributed by atoms with Crippen LogP contribution < -0.4 is 0 Å². The van der Waals surface area contributed by atoms with Gasteiger partial charge in [0.1, 0.15) is 5.82 Å². The van der Waals surface area contributed by atoms with Crippen LogP contribution in [0.2, 0.25) is 0 Å². The maximum atomic E-state index is 13.0. The molecular weight excluding hydrogens is 367 g/mol. The van der Waals surface area contributed by atoms with Crippen LogP contribution in [0.4, 0.5) is 4.39 Å². The summed E-state index contributed by atoms with van der Waals surface area (Å²) in [5.74, 6) is 0.709. The third-order valence-electron chi connectivity index (χ3n) is 4.77. The van der Waals surface area contributed by atoms with Crippen molar-refractivity contribution >= 4 is 17.2 Å². The van der Waals surface area contributed by atoms with Crippen LogP contribution in [0.15, 0.2) is 46.2 Å². The van der Waals surface area contributed by atoms with E-state index in [4.69, 9.17) is 4.42 Å². The normalized spacial score (nSPS) is 16.4. The minimum atomic E-state index is -0.341. The number of aromatic nitrogens is 2. The van der Waals surface area contributed by atoms with E-state index in [1.165, 1.54) is 24.3 Å². The lowest BCUT2D eigenvalue weighted by atomic mass is 10.1. The van der Waals surface area contributed by atoms with E-state index in [1.54, 1.807) is 16.2 Å². The van der Waals surface area contributed by atoms with E-state index in [1.807, 2.05) is 24.4 Å². The lowest BCUT2D eigenvalue weighted by Gasteiger charge is -2.36. The summed E-state index contributed by atoms with van der Waals surface area (Å²) in [5.41, 5.74) is 0.510. The second kappa shape index (κ2) is 7.58. The molecule has 140 valence electrons. The minimum Gasteiger partial charge on any atom is -0.418 e. The average molecular weight is 386 g/mol. The second-order valence-corrected chi connectivity index (χ2v) is 7.38. The van der Waals surface area contributed by atoms with Crippen LogP contribution in [-0.4, -0.2) is 52.1 Å². The highest BCUT2D eigenvalue weighted by molar-refractivity contribution is 7.13. The number of rotatable bonds is 4. The van der Waals surface area contributed by atoms with Crippen molar-refractivity contribution in [1.82, 2.24) is 20.0 Å². The van der Waals surface area contributed by atoms with Gasteiger partial charge in [-0.15, -0.1) is 21.5 Å². The Morgan fingerprint density at radius 2 is 1.89 bits per heavy atom. The van der Waals surface area contributed by atoms with Gasteiger partial charge in [0.15, 0.2) is 0 Å². The third-order valence-corrected chi connectivity index (χ3v) is 5.63. The Morgan fingerprint density at radius 1 is 1.15 bits per heavy atom. The van der Waals surface area contributed by atoms with Crippen LogP contribution in [-0.2, 0) is 0 Å². The smallest absolute Gasteiger partial charge is 0.257 e. The van der Waals surface area contributed by atoms with Gasteiger partial charge in [-0.1, -0.05) is 6.07 Å². The molecule has 6 nitrogen and oxygen atoms in total. The Balaban J connectivity index is 1.37. The first-order chi connectivity index (χ1) is 13.1. The molecule has 3 aromatic rings. The summed E-state index contributed by atoms with van der Waals surface area (Å²) in [6, 6.07) is 9.55. The Bertz CT molecular complexity index is 902. The average Bonchev–Trinajstić information content (AvgIpc) is 3.39. The molecule has 0 N–H and O–H groups in total. The Kier molecular flexibility index (Phi) is 5.00. The van der Waals surface area contributed by atoms with Crippen molar-refractivity contribution in [2.24, 2.45) is 0 Å². The molecule has 1 saturated heterocycles. The van der Waals surface area contributed by atoms with E-state index in [0.717, 1.165) is 4.88 Å². The molecule has 3 heterocycles. The van der Waals surface area contributed by atoms with Gasteiger partial charge in [0.2, 0.25) is 5.89 Å². The van der Waals surface area contributed by atoms with Gasteiger partial charge >= 0.3 is 0 Å². The zero-order valence-electron chi connectivity index (χ0n) is 14.8. The SMILES string of the molecule is C[C@@H](c1nnc(-c2cccs2)o1)N1CCN(C(=O)c2ccc(F)cc2)CC1. The van der Waals surface area contributed by atoms with Gasteiger partial charge in [-0.05, 0) is 42.6 Å². The number of halogens is 1. The van der Waals surface area contributed by atoms with Crippen molar-refractivity contribution in [3.05, 3.63) is 59.0 Å². The number of hydrogen-bond donors (Lipinski definition) is 0. The summed E-state index contributed by atoms with van der Waals surface area (Å²) in [4.78, 5) is 17.5. The summed E-state index contributed by atoms with van der Waals surface area (Å²) in [7, 11) is 0. The summed E-state index contributed by atoms with van der Waals surface area (Å²) < 4.78 is 18.9. The predicted octanol–water partition coefficient (Wildman–Crippen LogP) is 3.46. The number of carbonyl (C=O) groups is 1. The van der Waals surface area contributed by atoms with Crippen LogP contribution in [0, 0.1) is 5.82 Å². The zero-order chi connectivity index (χ0) is 18.8. The molecule has 0 aliphatic carbocycles. The fourth-order valence-electron chi connectivity index (χ4n) is 3.15. The highest BCUT2D eigenvalue weighted by Crippen LogP contribution is 2.27. The summed E-state index contributed by atoms with van der Waals surface area (Å²) in [6.07, 6.45) is 0. The van der Waals surface area contributed by atoms with Gasteiger partial charge < -0.3 is 9.32 Å². The van der Waals surface area contributed by atoms with Gasteiger partial charge in [-0.25, -0.2) is 4.39 Å². The molecular formula is C19H19FN4O2S. The Hall–Kier alpha value is -2.58. The van der Waals surface area contributed by atoms with Crippen LogP contribution in [0.3, 0.4) is 0 Å². The molecule has 0 bridgehead atoms. The van der Waals surface area contributed by atoms with E-state index in [2.05, 4.69) is 15.1 Å². The zero-order valence-corrected chi connectivity index (χ0v) is 15.7. The largest absolute Gasteiger partial charge is 0.418 e. The number of carbonyl (C=O) groups excluding carboxylic acids is 1. The predicted molar refractivity (Wildman–Crippen MR) is 99.9 cm³/mol. The van der Waals surface area contributed by atoms with Gasteiger partial charge in [-0.2, -0.15) is 0 Å². The Labute approximate surface area is 160 Å². The maximum absolute atomic E-state index is 13.0. The number of nitrogens with zero attached hydrogens (tertiary/aromatic N) is 4. The quantitative estimate of drug-likeness (QED) is 0.687. The number of amides is 1. The molecule has 2 aromatic heterocycles. The molecule has 1 aromatic carbocycles. The van der Waals surface area contributed by atoms with Crippen LogP contribution in [0.1, 0.15) is 29.2 Å². The molecule has 0 spiro atoms. The van der Waals surface area contributed by atoms with Crippen molar-refractivity contribution < 1.29 is 13.6 Å². The molecule has 0 unspecified atom stereocenters. The van der Waals surface area contributed by atoms with Crippen molar-refractivity contribution in [1.29, 1.82) is 0 Å². The lowest BCUT2D eigenvalue weighted by molar-refractivity contribution is 0.0559. The molecule has 1 aliphatic rings. The van der Waals surface area contributed by atoms with Crippen molar-refractivity contribution in [3.8, 4) is 10.8 Å². The number of hydrogen-bond acceptors (Lipinski definition) is 6. The van der Waals surface area contributed by atoms with E-state index in [-0.39, 0.29) is 17.8 Å². The van der Waals surface area contributed by atoms with Crippen LogP contribution in [0.5, 0.6) is 0 Å². The maximum Gasteiger partial charge on any atom is 0.257 e. The summed E-state index contributed by atoms with van der Waals surface area (Å²) in [6.45, 7) is 4.66. The van der Waals surface area contributed by atoms with E-state index >= 15 is 0 Å². The van der Waals surface area contributed by atoms with Gasteiger partial charge in [-0.3, -0.25) is 9.69 Å². The molecule has 1 atom stereocenters. The molecule has 0 radical (unpaired) electrons. The van der Waals surface area contributed by atoms with Crippen molar-refractivity contribution in [2.45, 2.75) is 13.0 Å². The van der Waals surface area contributed by atoms with Crippen molar-refractivity contribution in [2.75, 3.05) is 26.2 Å². The van der Waals surface area contributed by atoms with E-state index < -0.39 is 0 Å². The van der Waals surface area contributed by atoms with Gasteiger partial charge in [0, 0.05) is 31.7 Å². The first-order valence-corrected chi connectivity index (χ1v) is 9.66. The van der Waals surface area contributed by atoms with Crippen LogP contribution in [0.25, 0.3) is 10.8 Å². The topological polar surface area (TPSA) is 62.5 Å². The molecule has 27 heavy (non-hydrogen) atoms. The third kappa shape index (κ3) is 3.77. The lowest BCUT2D eigenvalue weighted by Crippen LogP contribution is -2.49. The second-order valence-electron chi connectivity index (χ2n) is 6.43. The highest BCUT2D eigenvalue weighted by Gasteiger charge is 2.28. The molecule has 4 rings (SSSR count). The van der Waals surface area contributed by atoms with E-state index in [9.17, 15) is 9.18 Å². The van der Waals surface area contributed by atoms with Crippen molar-refractivity contribution in [3.63, 3.8) is 0 Å². The summed E-state index contributed by atoms with van der Waals surface area (Å²) in [5, 5.41) is 10.3. The number of piperazine rings is 1. The number of benzene rings is 1. The fourth-order valence-corrected chi connectivity index (χ4v) is 3.79. The standard InChI is InChI=1S/C19H19FN4O2S/c1-13(17-21-22-18(26-17)16-3-2-12-27-16)23-8-10-24(11-9-23)19(25)14-4-6-15(20)7-5-14/h2-7,12-13H,8-11H2,1H3/t13-/m0/s1.